The molecule has 0 bridgehead atoms. The Morgan fingerprint density at radius 3 is 3.05 bits per heavy atom. The number of aromatic nitrogens is 2. The van der Waals surface area contributed by atoms with Crippen molar-refractivity contribution in [2.45, 2.75) is 32.2 Å². The molecule has 3 heterocycles. The van der Waals surface area contributed by atoms with Gasteiger partial charge in [-0.25, -0.2) is 9.78 Å². The summed E-state index contributed by atoms with van der Waals surface area (Å²) in [6, 6.07) is 0.929. The molecule has 1 fully saturated rings. The molecule has 0 aromatic carbocycles. The van der Waals surface area contributed by atoms with Gasteiger partial charge in [-0.1, -0.05) is 12.1 Å². The van der Waals surface area contributed by atoms with Crippen molar-refractivity contribution in [1.29, 1.82) is 0 Å². The van der Waals surface area contributed by atoms with Crippen molar-refractivity contribution < 1.29 is 19.2 Å². The molecule has 0 spiro atoms. The fourth-order valence-corrected chi connectivity index (χ4v) is 2.68. The van der Waals surface area contributed by atoms with Crippen LogP contribution in [0.2, 0.25) is 0 Å². The number of aliphatic carboxylic acids is 1. The first-order valence-corrected chi connectivity index (χ1v) is 6.90. The number of carbonyl (C=O) groups is 2. The van der Waals surface area contributed by atoms with Gasteiger partial charge in [-0.05, 0) is 25.3 Å². The number of pyridine rings is 1. The smallest absolute Gasteiger partial charge is 0.326 e. The third-order valence-electron chi connectivity index (χ3n) is 3.78. The topological polar surface area (TPSA) is 96.5 Å². The van der Waals surface area contributed by atoms with Gasteiger partial charge in [0.15, 0.2) is 0 Å². The number of fused-ring (bicyclic) bond motifs is 1. The standard InChI is InChI=1S/C14H15N3O4/c1-2-10-9-6-8(7-15-12(9)21-16-10)13(18)17-5-3-4-11(17)14(19)20/h6-7,11H,2-5H2,1H3,(H,19,20)/t11-/m1/s1. The second kappa shape index (κ2) is 5.16. The molecule has 7 nitrogen and oxygen atoms in total. The van der Waals surface area contributed by atoms with E-state index in [0.29, 0.717) is 42.5 Å². The first kappa shape index (κ1) is 13.5. The van der Waals surface area contributed by atoms with Crippen LogP contribution in [0.4, 0.5) is 0 Å². The largest absolute Gasteiger partial charge is 0.480 e. The lowest BCUT2D eigenvalue weighted by Gasteiger charge is -2.21. The predicted octanol–water partition coefficient (Wildman–Crippen LogP) is 1.47. The van der Waals surface area contributed by atoms with Crippen LogP contribution in [0.15, 0.2) is 16.8 Å². The maximum absolute atomic E-state index is 12.5. The molecule has 1 amide bonds. The molecule has 7 heteroatoms. The lowest BCUT2D eigenvalue weighted by Crippen LogP contribution is -2.40. The first-order valence-electron chi connectivity index (χ1n) is 6.90. The van der Waals surface area contributed by atoms with E-state index in [2.05, 4.69) is 10.1 Å². The van der Waals surface area contributed by atoms with Crippen LogP contribution >= 0.6 is 0 Å². The van der Waals surface area contributed by atoms with Crippen LogP contribution < -0.4 is 0 Å². The van der Waals surface area contributed by atoms with Gasteiger partial charge in [0.25, 0.3) is 11.6 Å². The summed E-state index contributed by atoms with van der Waals surface area (Å²) in [5.74, 6) is -1.27. The van der Waals surface area contributed by atoms with Crippen molar-refractivity contribution in [2.24, 2.45) is 0 Å². The number of carbonyl (C=O) groups excluding carboxylic acids is 1. The van der Waals surface area contributed by atoms with E-state index in [1.165, 1.54) is 11.1 Å². The average Bonchev–Trinajstić information content (AvgIpc) is 3.12. The summed E-state index contributed by atoms with van der Waals surface area (Å²) in [6.45, 7) is 2.39. The Labute approximate surface area is 120 Å². The molecule has 1 saturated heterocycles. The molecule has 2 aromatic heterocycles. The molecular formula is C14H15N3O4. The van der Waals surface area contributed by atoms with Gasteiger partial charge in [0, 0.05) is 12.7 Å². The SMILES string of the molecule is CCc1noc2ncc(C(=O)N3CCC[C@@H]3C(=O)O)cc12. The number of rotatable bonds is 3. The van der Waals surface area contributed by atoms with Crippen molar-refractivity contribution in [3.63, 3.8) is 0 Å². The third kappa shape index (κ3) is 2.24. The van der Waals surface area contributed by atoms with Crippen molar-refractivity contribution in [2.75, 3.05) is 6.54 Å². The summed E-state index contributed by atoms with van der Waals surface area (Å²) in [4.78, 5) is 29.2. The van der Waals surface area contributed by atoms with Gasteiger partial charge < -0.3 is 14.5 Å². The van der Waals surface area contributed by atoms with Crippen molar-refractivity contribution in [3.05, 3.63) is 23.5 Å². The summed E-state index contributed by atoms with van der Waals surface area (Å²) < 4.78 is 5.08. The van der Waals surface area contributed by atoms with E-state index < -0.39 is 12.0 Å². The first-order chi connectivity index (χ1) is 10.1. The number of carboxylic acids is 1. The van der Waals surface area contributed by atoms with Crippen LogP contribution in [0.1, 0.15) is 35.8 Å². The van der Waals surface area contributed by atoms with Gasteiger partial charge in [-0.15, -0.1) is 0 Å². The Kier molecular flexibility index (Phi) is 3.32. The quantitative estimate of drug-likeness (QED) is 0.919. The van der Waals surface area contributed by atoms with E-state index in [0.717, 1.165) is 5.69 Å². The van der Waals surface area contributed by atoms with E-state index in [4.69, 9.17) is 9.63 Å². The van der Waals surface area contributed by atoms with Gasteiger partial charge in [0.05, 0.1) is 16.6 Å². The minimum Gasteiger partial charge on any atom is -0.480 e. The van der Waals surface area contributed by atoms with Crippen molar-refractivity contribution >= 4 is 23.0 Å². The highest BCUT2D eigenvalue weighted by molar-refractivity contribution is 5.99. The molecule has 1 aliphatic rings. The summed E-state index contributed by atoms with van der Waals surface area (Å²) in [6.07, 6.45) is 3.27. The van der Waals surface area contributed by atoms with E-state index >= 15 is 0 Å². The number of hydrogen-bond donors (Lipinski definition) is 1. The molecule has 1 atom stereocenters. The highest BCUT2D eigenvalue weighted by Crippen LogP contribution is 2.23. The van der Waals surface area contributed by atoms with Crippen LogP contribution in [0, 0.1) is 0 Å². The van der Waals surface area contributed by atoms with Gasteiger partial charge in [0.2, 0.25) is 0 Å². The second-order valence-electron chi connectivity index (χ2n) is 5.05. The van der Waals surface area contributed by atoms with E-state index in [-0.39, 0.29) is 5.91 Å². The van der Waals surface area contributed by atoms with Gasteiger partial charge >= 0.3 is 5.97 Å². The normalized spacial score (nSPS) is 18.3. The van der Waals surface area contributed by atoms with Crippen LogP contribution in [-0.4, -0.2) is 44.6 Å². The zero-order valence-corrected chi connectivity index (χ0v) is 11.6. The monoisotopic (exact) mass is 289 g/mol. The molecule has 0 unspecified atom stereocenters. The number of hydrogen-bond acceptors (Lipinski definition) is 5. The van der Waals surface area contributed by atoms with Gasteiger partial charge in [-0.2, -0.15) is 0 Å². The lowest BCUT2D eigenvalue weighted by atomic mass is 10.1. The summed E-state index contributed by atoms with van der Waals surface area (Å²) in [7, 11) is 0. The van der Waals surface area contributed by atoms with Crippen molar-refractivity contribution in [3.8, 4) is 0 Å². The maximum atomic E-state index is 12.5. The Morgan fingerprint density at radius 2 is 2.33 bits per heavy atom. The highest BCUT2D eigenvalue weighted by Gasteiger charge is 2.34. The second-order valence-corrected chi connectivity index (χ2v) is 5.05. The number of carboxylic acid groups (broad SMARTS) is 1. The molecular weight excluding hydrogens is 274 g/mol. The van der Waals surface area contributed by atoms with Crippen LogP contribution in [-0.2, 0) is 11.2 Å². The van der Waals surface area contributed by atoms with Crippen LogP contribution in [0.5, 0.6) is 0 Å². The number of amides is 1. The zero-order valence-electron chi connectivity index (χ0n) is 11.6. The Balaban J connectivity index is 1.96. The molecule has 1 N–H and O–H groups in total. The summed E-state index contributed by atoms with van der Waals surface area (Å²) in [5.41, 5.74) is 1.50. The molecule has 0 aliphatic carbocycles. The Morgan fingerprint density at radius 1 is 1.52 bits per heavy atom. The third-order valence-corrected chi connectivity index (χ3v) is 3.78. The fraction of sp³-hybridized carbons (Fsp3) is 0.429. The van der Waals surface area contributed by atoms with Gasteiger partial charge in [0.1, 0.15) is 6.04 Å². The molecule has 1 aliphatic heterocycles. The highest BCUT2D eigenvalue weighted by atomic mass is 16.5. The number of aryl methyl sites for hydroxylation is 1. The van der Waals surface area contributed by atoms with Crippen molar-refractivity contribution in [1.82, 2.24) is 15.0 Å². The lowest BCUT2D eigenvalue weighted by molar-refractivity contribution is -0.141. The van der Waals surface area contributed by atoms with Crippen LogP contribution in [0.3, 0.4) is 0 Å². The summed E-state index contributed by atoms with van der Waals surface area (Å²) in [5, 5.41) is 13.8. The maximum Gasteiger partial charge on any atom is 0.326 e. The zero-order chi connectivity index (χ0) is 15.0. The molecule has 2 aromatic rings. The average molecular weight is 289 g/mol. The van der Waals surface area contributed by atoms with E-state index in [1.54, 1.807) is 6.07 Å². The molecule has 0 saturated carbocycles. The van der Waals surface area contributed by atoms with Gasteiger partial charge in [-0.3, -0.25) is 4.79 Å². The van der Waals surface area contributed by atoms with Crippen LogP contribution in [0.25, 0.3) is 11.1 Å². The summed E-state index contributed by atoms with van der Waals surface area (Å²) >= 11 is 0. The van der Waals surface area contributed by atoms with E-state index in [1.807, 2.05) is 6.92 Å². The minimum atomic E-state index is -0.964. The molecule has 21 heavy (non-hydrogen) atoms. The molecule has 3 rings (SSSR count). The number of likely N-dealkylation sites (tertiary alicyclic amines) is 1. The molecule has 0 radical (unpaired) electrons. The fourth-order valence-electron chi connectivity index (χ4n) is 2.68. The number of nitrogens with zero attached hydrogens (tertiary/aromatic N) is 3. The Hall–Kier alpha value is -2.44. The predicted molar refractivity (Wildman–Crippen MR) is 72.9 cm³/mol. The molecule has 110 valence electrons. The minimum absolute atomic E-state index is 0.308. The Bertz CT molecular complexity index is 709. The van der Waals surface area contributed by atoms with E-state index in [9.17, 15) is 9.59 Å².